The molecule has 0 saturated carbocycles. The number of carbonyl (C=O) groups is 1. The average molecular weight is 333 g/mol. The lowest BCUT2D eigenvalue weighted by Crippen LogP contribution is -2.19. The van der Waals surface area contributed by atoms with Gasteiger partial charge in [-0.2, -0.15) is 13.2 Å². The quantitative estimate of drug-likeness (QED) is 0.868. The van der Waals surface area contributed by atoms with Crippen LogP contribution >= 0.6 is 11.6 Å². The molecule has 1 aromatic carbocycles. The van der Waals surface area contributed by atoms with Crippen LogP contribution < -0.4 is 5.43 Å². The van der Waals surface area contributed by atoms with Gasteiger partial charge in [-0.15, -0.1) is 0 Å². The molecule has 0 aliphatic heterocycles. The third-order valence-electron chi connectivity index (χ3n) is 2.92. The summed E-state index contributed by atoms with van der Waals surface area (Å²) >= 11 is 5.83. The Morgan fingerprint density at radius 3 is 2.50 bits per heavy atom. The zero-order valence-corrected chi connectivity index (χ0v) is 12.2. The minimum absolute atomic E-state index is 0.194. The first-order chi connectivity index (χ1) is 10.3. The summed E-state index contributed by atoms with van der Waals surface area (Å²) in [4.78, 5) is 11.5. The van der Waals surface area contributed by atoms with E-state index in [1.165, 1.54) is 36.2 Å². The predicted molar refractivity (Wildman–Crippen MR) is 75.3 cm³/mol. The monoisotopic (exact) mass is 332 g/mol. The van der Waals surface area contributed by atoms with Crippen LogP contribution in [0.4, 0.5) is 13.2 Å². The van der Waals surface area contributed by atoms with Crippen LogP contribution in [0.1, 0.15) is 21.6 Å². The van der Waals surface area contributed by atoms with Gasteiger partial charge in [-0.25, -0.2) is 4.79 Å². The van der Waals surface area contributed by atoms with Gasteiger partial charge < -0.3 is 10.2 Å². The lowest BCUT2D eigenvalue weighted by molar-refractivity contribution is -0.137. The largest absolute Gasteiger partial charge is 0.464 e. The molecular formula is C14H12ClF3N2O2. The number of hydrogen-bond acceptors (Lipinski definition) is 3. The molecule has 0 spiro atoms. The van der Waals surface area contributed by atoms with E-state index in [0.29, 0.717) is 10.6 Å². The molecule has 0 bridgehead atoms. The third-order valence-corrected chi connectivity index (χ3v) is 3.12. The van der Waals surface area contributed by atoms with Crippen LogP contribution in [0, 0.1) is 0 Å². The Labute approximate surface area is 129 Å². The summed E-state index contributed by atoms with van der Waals surface area (Å²) in [6.45, 7) is 0.215. The topological polar surface area (TPSA) is 43.3 Å². The molecule has 2 rings (SSSR count). The molecule has 0 aliphatic carbocycles. The molecule has 0 saturated heterocycles. The fourth-order valence-electron chi connectivity index (χ4n) is 1.81. The van der Waals surface area contributed by atoms with E-state index in [1.807, 2.05) is 0 Å². The molecule has 0 amide bonds. The SMILES string of the molecule is COC(=O)c1cc(Cl)cn1NCc1ccc(C(F)(F)F)cc1. The molecule has 0 aliphatic rings. The minimum atomic E-state index is -4.36. The Bertz CT molecular complexity index is 666. The van der Waals surface area contributed by atoms with Crippen molar-refractivity contribution in [3.63, 3.8) is 0 Å². The van der Waals surface area contributed by atoms with Crippen molar-refractivity contribution in [3.8, 4) is 0 Å². The Morgan fingerprint density at radius 2 is 1.95 bits per heavy atom. The van der Waals surface area contributed by atoms with Gasteiger partial charge in [0.25, 0.3) is 0 Å². The van der Waals surface area contributed by atoms with E-state index in [1.54, 1.807) is 0 Å². The second kappa shape index (κ2) is 6.31. The molecule has 1 aromatic heterocycles. The molecule has 0 fully saturated rings. The maximum absolute atomic E-state index is 12.5. The summed E-state index contributed by atoms with van der Waals surface area (Å²) in [7, 11) is 1.24. The number of carbonyl (C=O) groups excluding carboxylic acids is 1. The zero-order chi connectivity index (χ0) is 16.3. The van der Waals surface area contributed by atoms with Crippen molar-refractivity contribution in [1.29, 1.82) is 0 Å². The maximum atomic E-state index is 12.5. The minimum Gasteiger partial charge on any atom is -0.464 e. The maximum Gasteiger partial charge on any atom is 0.416 e. The van der Waals surface area contributed by atoms with Gasteiger partial charge in [0.2, 0.25) is 0 Å². The molecule has 2 aromatic rings. The van der Waals surface area contributed by atoms with Crippen LogP contribution in [0.2, 0.25) is 5.02 Å². The van der Waals surface area contributed by atoms with Gasteiger partial charge >= 0.3 is 12.1 Å². The highest BCUT2D eigenvalue weighted by atomic mass is 35.5. The molecular weight excluding hydrogens is 321 g/mol. The lowest BCUT2D eigenvalue weighted by atomic mass is 10.1. The van der Waals surface area contributed by atoms with Crippen molar-refractivity contribution in [1.82, 2.24) is 4.68 Å². The van der Waals surface area contributed by atoms with Crippen LogP contribution in [0.15, 0.2) is 36.5 Å². The van der Waals surface area contributed by atoms with Crippen molar-refractivity contribution in [2.24, 2.45) is 0 Å². The molecule has 0 unspecified atom stereocenters. The van der Waals surface area contributed by atoms with E-state index < -0.39 is 17.7 Å². The Morgan fingerprint density at radius 1 is 1.32 bits per heavy atom. The second-order valence-electron chi connectivity index (χ2n) is 4.43. The average Bonchev–Trinajstić information content (AvgIpc) is 2.85. The predicted octanol–water partition coefficient (Wildman–Crippen LogP) is 3.69. The molecule has 0 atom stereocenters. The number of alkyl halides is 3. The number of halogens is 4. The summed E-state index contributed by atoms with van der Waals surface area (Å²) in [6.07, 6.45) is -2.89. The molecule has 1 N–H and O–H groups in total. The number of ether oxygens (including phenoxy) is 1. The number of aromatic nitrogens is 1. The van der Waals surface area contributed by atoms with E-state index >= 15 is 0 Å². The number of methoxy groups -OCH3 is 1. The van der Waals surface area contributed by atoms with Crippen molar-refractivity contribution < 1.29 is 22.7 Å². The van der Waals surface area contributed by atoms with Gasteiger partial charge in [-0.05, 0) is 23.8 Å². The van der Waals surface area contributed by atoms with Gasteiger partial charge in [0, 0.05) is 6.20 Å². The van der Waals surface area contributed by atoms with E-state index in [2.05, 4.69) is 10.2 Å². The van der Waals surface area contributed by atoms with Crippen LogP contribution in [0.3, 0.4) is 0 Å². The van der Waals surface area contributed by atoms with Gasteiger partial charge in [-0.1, -0.05) is 23.7 Å². The lowest BCUT2D eigenvalue weighted by Gasteiger charge is -2.12. The van der Waals surface area contributed by atoms with Gasteiger partial charge in [0.15, 0.2) is 0 Å². The van der Waals surface area contributed by atoms with E-state index in [9.17, 15) is 18.0 Å². The normalized spacial score (nSPS) is 11.3. The summed E-state index contributed by atoms with van der Waals surface area (Å²) in [5, 5.41) is 0.334. The fourth-order valence-corrected chi connectivity index (χ4v) is 2.01. The van der Waals surface area contributed by atoms with E-state index in [4.69, 9.17) is 11.6 Å². The molecule has 22 heavy (non-hydrogen) atoms. The smallest absolute Gasteiger partial charge is 0.416 e. The highest BCUT2D eigenvalue weighted by Crippen LogP contribution is 2.29. The fraction of sp³-hybridized carbons (Fsp3) is 0.214. The van der Waals surface area contributed by atoms with E-state index in [-0.39, 0.29) is 12.2 Å². The number of benzene rings is 1. The number of nitrogens with zero attached hydrogens (tertiary/aromatic N) is 1. The van der Waals surface area contributed by atoms with Crippen LogP contribution in [-0.4, -0.2) is 17.8 Å². The zero-order valence-electron chi connectivity index (χ0n) is 11.4. The standard InChI is InChI=1S/C14H12ClF3N2O2/c1-22-13(21)12-6-11(15)8-20(12)19-7-9-2-4-10(5-3-9)14(16,17)18/h2-6,8,19H,7H2,1H3. The molecule has 118 valence electrons. The van der Waals surface area contributed by atoms with Crippen LogP contribution in [0.25, 0.3) is 0 Å². The van der Waals surface area contributed by atoms with Crippen molar-refractivity contribution >= 4 is 17.6 Å². The number of rotatable bonds is 4. The Hall–Kier alpha value is -2.15. The van der Waals surface area contributed by atoms with Gasteiger partial charge in [-0.3, -0.25) is 4.68 Å². The van der Waals surface area contributed by atoms with Crippen molar-refractivity contribution in [2.45, 2.75) is 12.7 Å². The molecule has 1 heterocycles. The first-order valence-electron chi connectivity index (χ1n) is 6.17. The Kier molecular flexibility index (Phi) is 4.65. The molecule has 0 radical (unpaired) electrons. The van der Waals surface area contributed by atoms with Crippen molar-refractivity contribution in [2.75, 3.05) is 12.5 Å². The number of nitrogens with one attached hydrogen (secondary N) is 1. The summed E-state index contributed by atoms with van der Waals surface area (Å²) < 4.78 is 43.4. The second-order valence-corrected chi connectivity index (χ2v) is 4.87. The van der Waals surface area contributed by atoms with E-state index in [0.717, 1.165) is 12.1 Å². The number of hydrogen-bond donors (Lipinski definition) is 1. The highest BCUT2D eigenvalue weighted by molar-refractivity contribution is 6.31. The summed E-state index contributed by atoms with van der Waals surface area (Å²) in [5.41, 5.74) is 2.97. The first-order valence-corrected chi connectivity index (χ1v) is 6.55. The van der Waals surface area contributed by atoms with Crippen LogP contribution in [-0.2, 0) is 17.5 Å². The van der Waals surface area contributed by atoms with Gasteiger partial charge in [0.05, 0.1) is 24.2 Å². The van der Waals surface area contributed by atoms with Crippen molar-refractivity contribution in [3.05, 3.63) is 58.4 Å². The first kappa shape index (κ1) is 16.2. The summed E-state index contributed by atoms with van der Waals surface area (Å²) in [5.74, 6) is -0.577. The molecule has 8 heteroatoms. The highest BCUT2D eigenvalue weighted by Gasteiger charge is 2.29. The summed E-state index contributed by atoms with van der Waals surface area (Å²) in [6, 6.07) is 6.15. The van der Waals surface area contributed by atoms with Crippen LogP contribution in [0.5, 0.6) is 0 Å². The van der Waals surface area contributed by atoms with Gasteiger partial charge in [0.1, 0.15) is 5.69 Å². The third kappa shape index (κ3) is 3.73. The number of esters is 1. The Balaban J connectivity index is 2.09. The molecule has 4 nitrogen and oxygen atoms in total.